The number of thiazole rings is 1. The number of aryl methyl sites for hydroxylation is 1. The highest BCUT2D eigenvalue weighted by atomic mass is 32.2. The first-order valence-electron chi connectivity index (χ1n) is 11.1. The minimum absolute atomic E-state index is 0.0566. The van der Waals surface area contributed by atoms with Crippen molar-refractivity contribution in [3.8, 4) is 0 Å². The SMILES string of the molecule is CC(C)(COC(N)=O)Nc1nc(N2CC=C(c3nc4ccccc4s3)CC2)nc2c1[S@](=O)CC2. The van der Waals surface area contributed by atoms with Gasteiger partial charge >= 0.3 is 6.09 Å². The van der Waals surface area contributed by atoms with Crippen molar-refractivity contribution in [2.45, 2.75) is 37.1 Å². The summed E-state index contributed by atoms with van der Waals surface area (Å²) in [6.45, 7) is 5.23. The van der Waals surface area contributed by atoms with Gasteiger partial charge in [-0.25, -0.2) is 14.8 Å². The Morgan fingerprint density at radius 1 is 1.26 bits per heavy atom. The van der Waals surface area contributed by atoms with Gasteiger partial charge in [0.15, 0.2) is 0 Å². The van der Waals surface area contributed by atoms with E-state index >= 15 is 0 Å². The Morgan fingerprint density at radius 3 is 2.82 bits per heavy atom. The minimum atomic E-state index is -1.17. The molecular weight excluding hydrogens is 472 g/mol. The van der Waals surface area contributed by atoms with Crippen molar-refractivity contribution in [3.63, 3.8) is 0 Å². The molecule has 4 heterocycles. The highest BCUT2D eigenvalue weighted by Crippen LogP contribution is 2.34. The predicted molar refractivity (Wildman–Crippen MR) is 135 cm³/mol. The summed E-state index contributed by atoms with van der Waals surface area (Å²) in [5.74, 6) is 1.66. The summed E-state index contributed by atoms with van der Waals surface area (Å²) >= 11 is 1.72. The van der Waals surface area contributed by atoms with Crippen LogP contribution in [0.5, 0.6) is 0 Å². The number of nitrogens with one attached hydrogen (secondary N) is 1. The minimum Gasteiger partial charge on any atom is -0.447 e. The van der Waals surface area contributed by atoms with Crippen LogP contribution >= 0.6 is 11.3 Å². The molecule has 0 saturated carbocycles. The van der Waals surface area contributed by atoms with E-state index in [0.717, 1.165) is 29.2 Å². The fourth-order valence-electron chi connectivity index (χ4n) is 4.07. The molecule has 3 aromatic rings. The number of hydrogen-bond acceptors (Lipinski definition) is 9. The van der Waals surface area contributed by atoms with Crippen LogP contribution in [0.2, 0.25) is 0 Å². The third-order valence-corrected chi connectivity index (χ3v) is 8.34. The number of nitrogens with zero attached hydrogens (tertiary/aromatic N) is 4. The smallest absolute Gasteiger partial charge is 0.404 e. The molecule has 0 aliphatic carbocycles. The van der Waals surface area contributed by atoms with Gasteiger partial charge in [0.05, 0.1) is 32.2 Å². The highest BCUT2D eigenvalue weighted by Gasteiger charge is 2.31. The van der Waals surface area contributed by atoms with Crippen LogP contribution in [-0.4, -0.2) is 56.2 Å². The van der Waals surface area contributed by atoms with Crippen LogP contribution < -0.4 is 16.0 Å². The molecule has 0 saturated heterocycles. The first-order valence-corrected chi connectivity index (χ1v) is 13.2. The third-order valence-electron chi connectivity index (χ3n) is 5.77. The van der Waals surface area contributed by atoms with Crippen molar-refractivity contribution in [1.29, 1.82) is 0 Å². The van der Waals surface area contributed by atoms with Gasteiger partial charge in [0.2, 0.25) is 5.95 Å². The predicted octanol–water partition coefficient (Wildman–Crippen LogP) is 3.33. The molecule has 0 spiro atoms. The standard InChI is InChI=1S/C23H26N6O3S2/c1-23(2,13-32-21(24)30)28-19-18-16(9-12-34(18)31)26-22(27-19)29-10-7-14(8-11-29)20-25-15-5-3-4-6-17(15)33-20/h3-7H,8-13H2,1-2H3,(H2,24,30)(H,26,27,28)/t34-/m1/s1. The molecule has 2 aliphatic heterocycles. The van der Waals surface area contributed by atoms with Gasteiger partial charge in [-0.05, 0) is 38.0 Å². The molecule has 0 radical (unpaired) electrons. The van der Waals surface area contributed by atoms with E-state index in [4.69, 9.17) is 25.4 Å². The molecule has 1 aromatic carbocycles. The molecule has 0 unspecified atom stereocenters. The lowest BCUT2D eigenvalue weighted by molar-refractivity contribution is 0.138. The fourth-order valence-corrected chi connectivity index (χ4v) is 6.41. The number of rotatable bonds is 6. The van der Waals surface area contributed by atoms with Gasteiger partial charge in [-0.2, -0.15) is 4.98 Å². The van der Waals surface area contributed by atoms with E-state index in [-0.39, 0.29) is 6.61 Å². The Bertz CT molecular complexity index is 1290. The number of para-hydroxylation sites is 1. The number of nitrogens with two attached hydrogens (primary N) is 1. The number of carbonyl (C=O) groups is 1. The Labute approximate surface area is 203 Å². The second-order valence-corrected chi connectivity index (χ2v) is 11.5. The van der Waals surface area contributed by atoms with E-state index in [1.54, 1.807) is 11.3 Å². The maximum atomic E-state index is 12.7. The molecule has 2 aromatic heterocycles. The summed E-state index contributed by atoms with van der Waals surface area (Å²) in [6, 6.07) is 8.18. The molecule has 34 heavy (non-hydrogen) atoms. The van der Waals surface area contributed by atoms with Gasteiger partial charge in [-0.1, -0.05) is 18.2 Å². The number of anilines is 2. The van der Waals surface area contributed by atoms with Gasteiger partial charge < -0.3 is 20.7 Å². The average molecular weight is 499 g/mol. The number of carbonyl (C=O) groups excluding carboxylic acids is 1. The normalized spacial score (nSPS) is 18.0. The van der Waals surface area contributed by atoms with E-state index in [0.29, 0.717) is 35.4 Å². The van der Waals surface area contributed by atoms with Crippen LogP contribution in [-0.2, 0) is 22.0 Å². The number of benzene rings is 1. The largest absolute Gasteiger partial charge is 0.447 e. The second-order valence-electron chi connectivity index (χ2n) is 8.98. The van der Waals surface area contributed by atoms with E-state index in [2.05, 4.69) is 22.4 Å². The number of aromatic nitrogens is 3. The van der Waals surface area contributed by atoms with E-state index in [1.807, 2.05) is 32.0 Å². The molecule has 0 bridgehead atoms. The monoisotopic (exact) mass is 498 g/mol. The van der Waals surface area contributed by atoms with E-state index in [9.17, 15) is 9.00 Å². The van der Waals surface area contributed by atoms with Crippen LogP contribution in [0.3, 0.4) is 0 Å². The average Bonchev–Trinajstić information content (AvgIpc) is 3.41. The van der Waals surface area contributed by atoms with Crippen LogP contribution in [0.1, 0.15) is 31.0 Å². The third kappa shape index (κ3) is 4.62. The van der Waals surface area contributed by atoms with Gasteiger partial charge in [0, 0.05) is 25.3 Å². The summed E-state index contributed by atoms with van der Waals surface area (Å²) in [6.07, 6.45) is 2.84. The molecule has 9 nitrogen and oxygen atoms in total. The zero-order valence-electron chi connectivity index (χ0n) is 19.0. The van der Waals surface area contributed by atoms with Crippen molar-refractivity contribution in [2.75, 3.05) is 35.7 Å². The number of primary amides is 1. The molecule has 1 atom stereocenters. The van der Waals surface area contributed by atoms with Crippen molar-refractivity contribution < 1.29 is 13.7 Å². The summed E-state index contributed by atoms with van der Waals surface area (Å²) in [7, 11) is -1.17. The van der Waals surface area contributed by atoms with Crippen molar-refractivity contribution in [3.05, 3.63) is 41.0 Å². The zero-order valence-corrected chi connectivity index (χ0v) is 20.7. The Morgan fingerprint density at radius 2 is 2.09 bits per heavy atom. The summed E-state index contributed by atoms with van der Waals surface area (Å²) in [5.41, 5.74) is 7.54. The maximum absolute atomic E-state index is 12.7. The van der Waals surface area contributed by atoms with Gasteiger partial charge in [-0.15, -0.1) is 11.3 Å². The molecule has 2 aliphatic rings. The lowest BCUT2D eigenvalue weighted by Crippen LogP contribution is -2.39. The number of hydrogen-bond donors (Lipinski definition) is 2. The maximum Gasteiger partial charge on any atom is 0.404 e. The number of amides is 1. The topological polar surface area (TPSA) is 123 Å². The Balaban J connectivity index is 1.39. The molecule has 11 heteroatoms. The van der Waals surface area contributed by atoms with Crippen molar-refractivity contribution >= 4 is 55.8 Å². The highest BCUT2D eigenvalue weighted by molar-refractivity contribution is 7.85. The first kappa shape index (κ1) is 22.7. The number of fused-ring (bicyclic) bond motifs is 2. The van der Waals surface area contributed by atoms with Crippen LogP contribution in [0, 0.1) is 0 Å². The molecule has 178 valence electrons. The lowest BCUT2D eigenvalue weighted by Gasteiger charge is -2.29. The summed E-state index contributed by atoms with van der Waals surface area (Å²) in [5, 5.41) is 4.37. The summed E-state index contributed by atoms with van der Waals surface area (Å²) in [4.78, 5) is 28.1. The molecule has 3 N–H and O–H groups in total. The van der Waals surface area contributed by atoms with Crippen LogP contribution in [0.15, 0.2) is 35.2 Å². The van der Waals surface area contributed by atoms with Crippen molar-refractivity contribution in [2.24, 2.45) is 5.73 Å². The Hall–Kier alpha value is -3.05. The summed E-state index contributed by atoms with van der Waals surface area (Å²) < 4.78 is 18.8. The van der Waals surface area contributed by atoms with E-state index < -0.39 is 22.4 Å². The van der Waals surface area contributed by atoms with Crippen LogP contribution in [0.4, 0.5) is 16.6 Å². The van der Waals surface area contributed by atoms with Gasteiger partial charge in [-0.3, -0.25) is 4.21 Å². The van der Waals surface area contributed by atoms with Gasteiger partial charge in [0.25, 0.3) is 0 Å². The second kappa shape index (κ2) is 8.95. The van der Waals surface area contributed by atoms with E-state index in [1.165, 1.54) is 10.3 Å². The van der Waals surface area contributed by atoms with Crippen molar-refractivity contribution in [1.82, 2.24) is 15.0 Å². The molecule has 1 amide bonds. The zero-order chi connectivity index (χ0) is 23.9. The molecular formula is C23H26N6O3S2. The Kier molecular flexibility index (Phi) is 5.98. The lowest BCUT2D eigenvalue weighted by atomic mass is 10.1. The fraction of sp³-hybridized carbons (Fsp3) is 0.391. The molecule has 5 rings (SSSR count). The number of ether oxygens (including phenoxy) is 1. The van der Waals surface area contributed by atoms with Crippen LogP contribution in [0.25, 0.3) is 15.8 Å². The van der Waals surface area contributed by atoms with Gasteiger partial charge in [0.1, 0.15) is 22.3 Å². The molecule has 0 fully saturated rings. The first-order chi connectivity index (χ1) is 16.3. The quantitative estimate of drug-likeness (QED) is 0.530.